The lowest BCUT2D eigenvalue weighted by Crippen LogP contribution is -2.12. The highest BCUT2D eigenvalue weighted by Gasteiger charge is 2.30. The highest BCUT2D eigenvalue weighted by Crippen LogP contribution is 2.57. The molecule has 0 bridgehead atoms. The normalized spacial score (nSPS) is 12.0. The van der Waals surface area contributed by atoms with Crippen molar-refractivity contribution in [1.82, 2.24) is 0 Å². The van der Waals surface area contributed by atoms with E-state index in [2.05, 4.69) is 228 Å². The average Bonchev–Trinajstić information content (AvgIpc) is 3.79. The molecule has 12 aromatic rings. The largest absolute Gasteiger partial charge is 0.456 e. The van der Waals surface area contributed by atoms with Crippen LogP contribution in [0.4, 0.5) is 34.1 Å². The third-order valence-corrected chi connectivity index (χ3v) is 13.6. The van der Waals surface area contributed by atoms with Crippen LogP contribution < -0.4 is 19.3 Å². The third-order valence-electron chi connectivity index (χ3n) is 13.6. The number of hydrogen-bond acceptors (Lipinski definition) is 5. The molecule has 69 heavy (non-hydrogen) atoms. The molecule has 0 amide bonds. The van der Waals surface area contributed by atoms with Crippen LogP contribution in [0, 0.1) is 0 Å². The van der Waals surface area contributed by atoms with Crippen LogP contribution in [0.25, 0.3) is 77.2 Å². The van der Waals surface area contributed by atoms with E-state index in [1.165, 1.54) is 0 Å². The fraction of sp³-hybridized carbons (Fsp3) is 0. The first-order valence-electron chi connectivity index (χ1n) is 23.3. The summed E-state index contributed by atoms with van der Waals surface area (Å²) in [5.74, 6) is 3.21. The second-order valence-corrected chi connectivity index (χ2v) is 17.6. The van der Waals surface area contributed by atoms with Crippen molar-refractivity contribution in [3.8, 4) is 67.5 Å². The summed E-state index contributed by atoms with van der Waals surface area (Å²) in [5, 5.41) is 4.24. The zero-order chi connectivity index (χ0) is 45.4. The fourth-order valence-electron chi connectivity index (χ4n) is 10.5. The Morgan fingerprint density at radius 3 is 1.38 bits per heavy atom. The Morgan fingerprint density at radius 2 is 0.754 bits per heavy atom. The maximum Gasteiger partial charge on any atom is 0.137 e. The van der Waals surface area contributed by atoms with Gasteiger partial charge in [0.25, 0.3) is 0 Å². The van der Waals surface area contributed by atoms with Crippen LogP contribution in [0.1, 0.15) is 0 Å². The second-order valence-electron chi connectivity index (χ2n) is 17.6. The van der Waals surface area contributed by atoms with Crippen molar-refractivity contribution in [1.29, 1.82) is 0 Å². The monoisotopic (exact) mass is 884 g/mol. The van der Waals surface area contributed by atoms with Gasteiger partial charge in [-0.05, 0) is 137 Å². The minimum atomic E-state index is 0.786. The average molecular weight is 885 g/mol. The molecule has 0 atom stereocenters. The summed E-state index contributed by atoms with van der Waals surface area (Å²) in [4.78, 5) is 4.62. The van der Waals surface area contributed by atoms with Crippen LogP contribution in [0.15, 0.2) is 247 Å². The molecule has 14 rings (SSSR count). The molecule has 5 heteroatoms. The molecular weight excluding hydrogens is 845 g/mol. The molecular formula is C64H40N2O3. The molecule has 1 aromatic heterocycles. The summed E-state index contributed by atoms with van der Waals surface area (Å²) in [6.45, 7) is 0. The number of para-hydroxylation sites is 3. The van der Waals surface area contributed by atoms with Crippen molar-refractivity contribution >= 4 is 66.8 Å². The Bertz CT molecular complexity index is 3920. The predicted molar refractivity (Wildman–Crippen MR) is 282 cm³/mol. The summed E-state index contributed by atoms with van der Waals surface area (Å²) in [5.41, 5.74) is 16.7. The lowest BCUT2D eigenvalue weighted by atomic mass is 9.88. The van der Waals surface area contributed by atoms with Gasteiger partial charge in [0.15, 0.2) is 0 Å². The van der Waals surface area contributed by atoms with E-state index in [0.29, 0.717) is 0 Å². The van der Waals surface area contributed by atoms with Gasteiger partial charge in [-0.1, -0.05) is 121 Å². The molecule has 0 aliphatic carbocycles. The van der Waals surface area contributed by atoms with Crippen molar-refractivity contribution in [2.75, 3.05) is 9.80 Å². The molecule has 0 unspecified atom stereocenters. The van der Waals surface area contributed by atoms with Gasteiger partial charge < -0.3 is 23.7 Å². The van der Waals surface area contributed by atoms with Crippen LogP contribution in [0.3, 0.4) is 0 Å². The summed E-state index contributed by atoms with van der Waals surface area (Å²) < 4.78 is 20.2. The van der Waals surface area contributed by atoms with Crippen LogP contribution in [0.5, 0.6) is 23.0 Å². The predicted octanol–water partition coefficient (Wildman–Crippen LogP) is 18.6. The first-order valence-corrected chi connectivity index (χ1v) is 23.3. The molecule has 0 radical (unpaired) electrons. The SMILES string of the molecule is c1ccc(-c2ccc(N(c3ccc4c(c3)Oc3ccc5c6c(ccc-4c36)Oc3cc(N(c4ccccc4)c4ccccc4)ccc3-5)c3ccc4oc5ccccc5c4c3)c(-c3ccccc3)c2)cc1. The number of furan rings is 1. The molecule has 0 saturated heterocycles. The number of benzene rings is 11. The van der Waals surface area contributed by atoms with Gasteiger partial charge in [-0.3, -0.25) is 0 Å². The van der Waals surface area contributed by atoms with Crippen LogP contribution in [0.2, 0.25) is 0 Å². The van der Waals surface area contributed by atoms with E-state index in [4.69, 9.17) is 13.9 Å². The molecule has 0 N–H and O–H groups in total. The Hall–Kier alpha value is -9.32. The Morgan fingerprint density at radius 1 is 0.261 bits per heavy atom. The lowest BCUT2D eigenvalue weighted by molar-refractivity contribution is 0.480. The van der Waals surface area contributed by atoms with Crippen LogP contribution in [-0.2, 0) is 0 Å². The molecule has 2 aliphatic heterocycles. The fourth-order valence-corrected chi connectivity index (χ4v) is 10.5. The molecule has 2 aliphatic rings. The van der Waals surface area contributed by atoms with E-state index in [1.54, 1.807) is 0 Å². The van der Waals surface area contributed by atoms with Crippen molar-refractivity contribution < 1.29 is 13.9 Å². The van der Waals surface area contributed by atoms with Gasteiger partial charge in [-0.25, -0.2) is 0 Å². The number of ether oxygens (including phenoxy) is 2. The Balaban J connectivity index is 0.905. The molecule has 5 nitrogen and oxygen atoms in total. The number of nitrogens with zero attached hydrogens (tertiary/aromatic N) is 2. The summed E-state index contributed by atoms with van der Waals surface area (Å²) in [6.07, 6.45) is 0. The minimum absolute atomic E-state index is 0.786. The van der Waals surface area contributed by atoms with Crippen LogP contribution >= 0.6 is 0 Å². The van der Waals surface area contributed by atoms with Gasteiger partial charge in [0.05, 0.1) is 5.69 Å². The molecule has 0 fully saturated rings. The highest BCUT2D eigenvalue weighted by molar-refractivity contribution is 6.15. The van der Waals surface area contributed by atoms with Gasteiger partial charge in [-0.2, -0.15) is 0 Å². The van der Waals surface area contributed by atoms with Gasteiger partial charge in [0.1, 0.15) is 34.2 Å². The van der Waals surface area contributed by atoms with E-state index < -0.39 is 0 Å². The van der Waals surface area contributed by atoms with E-state index in [-0.39, 0.29) is 0 Å². The quantitative estimate of drug-likeness (QED) is 0.152. The van der Waals surface area contributed by atoms with Crippen LogP contribution in [-0.4, -0.2) is 0 Å². The van der Waals surface area contributed by atoms with Gasteiger partial charge in [-0.15, -0.1) is 0 Å². The molecule has 3 heterocycles. The van der Waals surface area contributed by atoms with Crippen molar-refractivity contribution in [3.05, 3.63) is 243 Å². The molecule has 324 valence electrons. The number of hydrogen-bond donors (Lipinski definition) is 0. The lowest BCUT2D eigenvalue weighted by Gasteiger charge is -2.31. The van der Waals surface area contributed by atoms with E-state index in [9.17, 15) is 0 Å². The molecule has 0 spiro atoms. The topological polar surface area (TPSA) is 38.1 Å². The zero-order valence-corrected chi connectivity index (χ0v) is 37.2. The number of rotatable bonds is 8. The van der Waals surface area contributed by atoms with E-state index in [1.807, 2.05) is 24.3 Å². The van der Waals surface area contributed by atoms with E-state index in [0.717, 1.165) is 134 Å². The van der Waals surface area contributed by atoms with Crippen molar-refractivity contribution in [2.45, 2.75) is 0 Å². The Kier molecular flexibility index (Phi) is 8.83. The number of anilines is 6. The smallest absolute Gasteiger partial charge is 0.137 e. The Labute approximate surface area is 398 Å². The molecule has 11 aromatic carbocycles. The minimum Gasteiger partial charge on any atom is -0.456 e. The van der Waals surface area contributed by atoms with Crippen molar-refractivity contribution in [2.24, 2.45) is 0 Å². The first-order chi connectivity index (χ1) is 34.2. The maximum absolute atomic E-state index is 7.03. The van der Waals surface area contributed by atoms with Gasteiger partial charge >= 0.3 is 0 Å². The standard InChI is InChI=1S/C64H40N2O3/c1-5-15-41(16-6-1)43-25-33-56(54(37-43)42-17-7-2-8-18-42)66(46-28-34-58-55(38-46)49-23-13-14-24-57(49)67-58)48-27-30-51-53-32-35-59-63-52(31-36-60(64(53)63)69-62(51)40-48)50-29-26-47(39-61(50)68-59)65(44-19-9-3-10-20-44)45-21-11-4-12-22-45/h1-40H. The number of fused-ring (bicyclic) bond motifs is 7. The summed E-state index contributed by atoms with van der Waals surface area (Å²) in [7, 11) is 0. The highest BCUT2D eigenvalue weighted by atomic mass is 16.5. The molecule has 0 saturated carbocycles. The summed E-state index contributed by atoms with van der Waals surface area (Å²) in [6, 6.07) is 85.5. The maximum atomic E-state index is 7.03. The van der Waals surface area contributed by atoms with Gasteiger partial charge in [0.2, 0.25) is 0 Å². The van der Waals surface area contributed by atoms with E-state index >= 15 is 0 Å². The van der Waals surface area contributed by atoms with Gasteiger partial charge in [0, 0.05) is 78.8 Å². The van der Waals surface area contributed by atoms with Crippen molar-refractivity contribution in [3.63, 3.8) is 0 Å². The third kappa shape index (κ3) is 6.40. The zero-order valence-electron chi connectivity index (χ0n) is 37.2. The second kappa shape index (κ2) is 15.7. The summed E-state index contributed by atoms with van der Waals surface area (Å²) >= 11 is 0. The first kappa shape index (κ1) is 38.9.